The average Bonchev–Trinajstić information content (AvgIpc) is 2.22. The molecule has 0 aliphatic rings. The number of hydrogen-bond acceptors (Lipinski definition) is 4. The third kappa shape index (κ3) is 4.01. The Labute approximate surface area is 99.1 Å². The zero-order valence-corrected chi connectivity index (χ0v) is 9.93. The number of nitrogens with zero attached hydrogens (tertiary/aromatic N) is 1. The van der Waals surface area contributed by atoms with E-state index in [4.69, 9.17) is 5.73 Å². The fourth-order valence-corrected chi connectivity index (χ4v) is 1.37. The zero-order valence-electron chi connectivity index (χ0n) is 9.93. The fourth-order valence-electron chi connectivity index (χ4n) is 1.37. The Morgan fingerprint density at radius 1 is 1.59 bits per heavy atom. The van der Waals surface area contributed by atoms with Crippen LogP contribution in [0.15, 0.2) is 23.1 Å². The number of rotatable bonds is 4. The highest BCUT2D eigenvalue weighted by Crippen LogP contribution is 2.05. The van der Waals surface area contributed by atoms with Gasteiger partial charge in [0, 0.05) is 6.20 Å². The first-order chi connectivity index (χ1) is 7.83. The van der Waals surface area contributed by atoms with Crippen molar-refractivity contribution in [2.45, 2.75) is 26.0 Å². The number of pyridine rings is 1. The summed E-state index contributed by atoms with van der Waals surface area (Å²) >= 11 is 0. The minimum atomic E-state index is -1.000. The van der Waals surface area contributed by atoms with E-state index >= 15 is 0 Å². The van der Waals surface area contributed by atoms with Crippen LogP contribution in [0.2, 0.25) is 0 Å². The van der Waals surface area contributed by atoms with Gasteiger partial charge in [-0.3, -0.25) is 9.59 Å². The van der Waals surface area contributed by atoms with Crippen LogP contribution in [0.4, 0.5) is 5.69 Å². The van der Waals surface area contributed by atoms with Crippen LogP contribution in [0.25, 0.3) is 0 Å². The molecule has 0 radical (unpaired) electrons. The van der Waals surface area contributed by atoms with Gasteiger partial charge in [0.05, 0.1) is 18.7 Å². The molecule has 1 amide bonds. The molecule has 17 heavy (non-hydrogen) atoms. The molecule has 0 unspecified atom stereocenters. The van der Waals surface area contributed by atoms with E-state index in [0.29, 0.717) is 0 Å². The largest absolute Gasteiger partial charge is 0.389 e. The lowest BCUT2D eigenvalue weighted by Crippen LogP contribution is -2.34. The molecule has 94 valence electrons. The lowest BCUT2D eigenvalue weighted by Gasteiger charge is -2.19. The molecule has 1 rings (SSSR count). The maximum Gasteiger partial charge on any atom is 0.274 e. The van der Waals surface area contributed by atoms with Crippen LogP contribution in [0.3, 0.4) is 0 Å². The summed E-state index contributed by atoms with van der Waals surface area (Å²) in [5.74, 6) is -0.428. The molecular formula is C11H17N3O3. The van der Waals surface area contributed by atoms with E-state index in [2.05, 4.69) is 5.32 Å². The normalized spacial score (nSPS) is 11.3. The number of nitrogens with one attached hydrogen (secondary N) is 1. The summed E-state index contributed by atoms with van der Waals surface area (Å²) in [6, 6.07) is 3.12. The maximum atomic E-state index is 11.9. The monoisotopic (exact) mass is 239 g/mol. The maximum absolute atomic E-state index is 11.9. The molecule has 0 fully saturated rings. The number of amides is 1. The van der Waals surface area contributed by atoms with Crippen LogP contribution in [0.1, 0.15) is 13.8 Å². The van der Waals surface area contributed by atoms with Gasteiger partial charge >= 0.3 is 0 Å². The van der Waals surface area contributed by atoms with Crippen molar-refractivity contribution in [1.82, 2.24) is 4.57 Å². The van der Waals surface area contributed by atoms with Crippen LogP contribution in [-0.2, 0) is 11.3 Å². The number of anilines is 1. The van der Waals surface area contributed by atoms with Gasteiger partial charge in [-0.15, -0.1) is 0 Å². The Hall–Kier alpha value is -1.66. The Kier molecular flexibility index (Phi) is 4.03. The van der Waals surface area contributed by atoms with Crippen molar-refractivity contribution in [3.8, 4) is 0 Å². The lowest BCUT2D eigenvalue weighted by molar-refractivity contribution is -0.114. The van der Waals surface area contributed by atoms with Crippen molar-refractivity contribution in [1.29, 1.82) is 0 Å². The van der Waals surface area contributed by atoms with Crippen LogP contribution in [-0.4, -0.2) is 27.7 Å². The van der Waals surface area contributed by atoms with Gasteiger partial charge < -0.3 is 20.7 Å². The molecule has 0 spiro atoms. The van der Waals surface area contributed by atoms with Crippen LogP contribution < -0.4 is 16.6 Å². The van der Waals surface area contributed by atoms with Crippen LogP contribution in [0, 0.1) is 0 Å². The second kappa shape index (κ2) is 5.11. The Morgan fingerprint density at radius 2 is 2.24 bits per heavy atom. The number of carbonyl (C=O) groups is 1. The smallest absolute Gasteiger partial charge is 0.274 e. The van der Waals surface area contributed by atoms with Gasteiger partial charge in [-0.05, 0) is 26.0 Å². The first kappa shape index (κ1) is 13.4. The van der Waals surface area contributed by atoms with Crippen molar-refractivity contribution in [3.63, 3.8) is 0 Å². The number of carbonyl (C=O) groups excluding carboxylic acids is 1. The number of aromatic nitrogens is 1. The summed E-state index contributed by atoms with van der Waals surface area (Å²) in [6.07, 6.45) is 1.55. The van der Waals surface area contributed by atoms with E-state index in [0.717, 1.165) is 0 Å². The molecule has 1 aromatic heterocycles. The molecule has 0 bridgehead atoms. The quantitative estimate of drug-likeness (QED) is 0.660. The van der Waals surface area contributed by atoms with Gasteiger partial charge in [0.2, 0.25) is 5.91 Å². The van der Waals surface area contributed by atoms with E-state index in [-0.39, 0.29) is 24.3 Å². The minimum absolute atomic E-state index is 0.151. The molecule has 6 nitrogen and oxygen atoms in total. The molecule has 4 N–H and O–H groups in total. The minimum Gasteiger partial charge on any atom is -0.389 e. The van der Waals surface area contributed by atoms with Crippen LogP contribution in [0.5, 0.6) is 0 Å². The van der Waals surface area contributed by atoms with Crippen molar-refractivity contribution in [2.24, 2.45) is 5.73 Å². The standard InChI is InChI=1S/C11H17N3O3/c1-11(2,17)7-14-5-3-4-8(10(14)16)13-9(15)6-12/h3-5,17H,6-7,12H2,1-2H3,(H,13,15). The highest BCUT2D eigenvalue weighted by Gasteiger charge is 2.15. The summed E-state index contributed by atoms with van der Waals surface area (Å²) in [7, 11) is 0. The average molecular weight is 239 g/mol. The SMILES string of the molecule is CC(C)(O)Cn1cccc(NC(=O)CN)c1=O. The first-order valence-corrected chi connectivity index (χ1v) is 5.25. The second-order valence-electron chi connectivity index (χ2n) is 4.42. The number of nitrogens with two attached hydrogens (primary N) is 1. The first-order valence-electron chi connectivity index (χ1n) is 5.25. The summed E-state index contributed by atoms with van der Waals surface area (Å²) in [6.45, 7) is 3.17. The Bertz CT molecular complexity index is 460. The predicted molar refractivity (Wildman–Crippen MR) is 64.7 cm³/mol. The summed E-state index contributed by atoms with van der Waals surface area (Å²) < 4.78 is 1.34. The van der Waals surface area contributed by atoms with Gasteiger partial charge in [0.15, 0.2) is 0 Å². The predicted octanol–water partition coefficient (Wildman–Crippen LogP) is -0.484. The highest BCUT2D eigenvalue weighted by molar-refractivity contribution is 5.91. The van der Waals surface area contributed by atoms with Gasteiger partial charge in [0.1, 0.15) is 5.69 Å². The number of hydrogen-bond donors (Lipinski definition) is 3. The number of aliphatic hydroxyl groups is 1. The van der Waals surface area contributed by atoms with Gasteiger partial charge in [0.25, 0.3) is 5.56 Å². The Balaban J connectivity index is 3.00. The van der Waals surface area contributed by atoms with E-state index in [1.807, 2.05) is 0 Å². The molecule has 0 atom stereocenters. The summed E-state index contributed by atoms with van der Waals surface area (Å²) in [5, 5.41) is 12.1. The second-order valence-corrected chi connectivity index (χ2v) is 4.42. The molecule has 0 aliphatic carbocycles. The van der Waals surface area contributed by atoms with E-state index in [1.54, 1.807) is 26.1 Å². The van der Waals surface area contributed by atoms with Crippen molar-refractivity contribution in [3.05, 3.63) is 28.7 Å². The van der Waals surface area contributed by atoms with E-state index < -0.39 is 11.5 Å². The van der Waals surface area contributed by atoms with Gasteiger partial charge in [-0.1, -0.05) is 0 Å². The summed E-state index contributed by atoms with van der Waals surface area (Å²) in [4.78, 5) is 23.0. The lowest BCUT2D eigenvalue weighted by atomic mass is 10.1. The molecular weight excluding hydrogens is 222 g/mol. The Morgan fingerprint density at radius 3 is 2.76 bits per heavy atom. The van der Waals surface area contributed by atoms with Crippen molar-refractivity contribution < 1.29 is 9.90 Å². The van der Waals surface area contributed by atoms with Crippen molar-refractivity contribution in [2.75, 3.05) is 11.9 Å². The molecule has 0 saturated carbocycles. The molecule has 0 aliphatic heterocycles. The van der Waals surface area contributed by atoms with Crippen LogP contribution >= 0.6 is 0 Å². The molecule has 6 heteroatoms. The third-order valence-electron chi connectivity index (χ3n) is 2.04. The molecule has 0 saturated heterocycles. The molecule has 1 heterocycles. The fraction of sp³-hybridized carbons (Fsp3) is 0.455. The van der Waals surface area contributed by atoms with E-state index in [1.165, 1.54) is 10.6 Å². The third-order valence-corrected chi connectivity index (χ3v) is 2.04. The highest BCUT2D eigenvalue weighted by atomic mass is 16.3. The molecule has 1 aromatic rings. The zero-order chi connectivity index (χ0) is 13.1. The van der Waals surface area contributed by atoms with Crippen molar-refractivity contribution >= 4 is 11.6 Å². The van der Waals surface area contributed by atoms with Gasteiger partial charge in [-0.25, -0.2) is 0 Å². The topological polar surface area (TPSA) is 97.3 Å². The van der Waals surface area contributed by atoms with E-state index in [9.17, 15) is 14.7 Å². The van der Waals surface area contributed by atoms with Gasteiger partial charge in [-0.2, -0.15) is 0 Å². The summed E-state index contributed by atoms with van der Waals surface area (Å²) in [5.41, 5.74) is 3.94. The molecule has 0 aromatic carbocycles.